The molecule has 0 aliphatic heterocycles. The molecule has 0 radical (unpaired) electrons. The Kier molecular flexibility index (Phi) is 3.89. The van der Waals surface area contributed by atoms with E-state index in [1.165, 1.54) is 18.2 Å². The van der Waals surface area contributed by atoms with Crippen molar-refractivity contribution in [2.45, 2.75) is 6.54 Å². The molecule has 2 aromatic carbocycles. The first-order chi connectivity index (χ1) is 9.45. The van der Waals surface area contributed by atoms with Crippen LogP contribution in [0.3, 0.4) is 0 Å². The SMILES string of the molecule is NCc1cccc(Oc2c(F)c(F)c(F)c(F)c2F)c1. The molecule has 0 saturated carbocycles. The highest BCUT2D eigenvalue weighted by atomic mass is 19.2. The monoisotopic (exact) mass is 289 g/mol. The van der Waals surface area contributed by atoms with Crippen LogP contribution >= 0.6 is 0 Å². The Bertz CT molecular complexity index is 630. The quantitative estimate of drug-likeness (QED) is 0.532. The van der Waals surface area contributed by atoms with Gasteiger partial charge in [0.05, 0.1) is 0 Å². The van der Waals surface area contributed by atoms with Crippen LogP contribution in [0.25, 0.3) is 0 Å². The van der Waals surface area contributed by atoms with Gasteiger partial charge in [0.2, 0.25) is 34.8 Å². The van der Waals surface area contributed by atoms with Gasteiger partial charge in [0.1, 0.15) is 5.75 Å². The normalized spacial score (nSPS) is 10.7. The number of halogens is 5. The summed E-state index contributed by atoms with van der Waals surface area (Å²) in [6.07, 6.45) is 0. The molecule has 0 aromatic heterocycles. The van der Waals surface area contributed by atoms with Gasteiger partial charge in [-0.25, -0.2) is 13.2 Å². The van der Waals surface area contributed by atoms with E-state index in [1.54, 1.807) is 6.07 Å². The fraction of sp³-hybridized carbons (Fsp3) is 0.0769. The lowest BCUT2D eigenvalue weighted by Gasteiger charge is -2.10. The zero-order valence-corrected chi connectivity index (χ0v) is 9.89. The summed E-state index contributed by atoms with van der Waals surface area (Å²) in [5, 5.41) is 0. The van der Waals surface area contributed by atoms with E-state index in [0.717, 1.165) is 0 Å². The molecule has 2 nitrogen and oxygen atoms in total. The number of rotatable bonds is 3. The highest BCUT2D eigenvalue weighted by Crippen LogP contribution is 2.32. The van der Waals surface area contributed by atoms with E-state index in [9.17, 15) is 22.0 Å². The lowest BCUT2D eigenvalue weighted by molar-refractivity contribution is 0.332. The Balaban J connectivity index is 2.48. The van der Waals surface area contributed by atoms with Crippen LogP contribution in [-0.4, -0.2) is 0 Å². The second-order valence-corrected chi connectivity index (χ2v) is 3.85. The molecule has 0 unspecified atom stereocenters. The van der Waals surface area contributed by atoms with Gasteiger partial charge in [0.15, 0.2) is 0 Å². The molecule has 2 rings (SSSR count). The van der Waals surface area contributed by atoms with Crippen molar-refractivity contribution >= 4 is 0 Å². The minimum atomic E-state index is -2.23. The summed E-state index contributed by atoms with van der Waals surface area (Å²) in [5.41, 5.74) is 5.94. The molecule has 0 fully saturated rings. The highest BCUT2D eigenvalue weighted by Gasteiger charge is 2.27. The number of ether oxygens (including phenoxy) is 1. The summed E-state index contributed by atoms with van der Waals surface area (Å²) in [4.78, 5) is 0. The number of hydrogen-bond acceptors (Lipinski definition) is 2. The molecule has 0 heterocycles. The Morgan fingerprint density at radius 3 is 1.95 bits per heavy atom. The third-order valence-electron chi connectivity index (χ3n) is 2.52. The molecule has 2 aromatic rings. The average Bonchev–Trinajstić information content (AvgIpc) is 2.48. The van der Waals surface area contributed by atoms with Gasteiger partial charge in [-0.3, -0.25) is 0 Å². The maximum absolute atomic E-state index is 13.4. The smallest absolute Gasteiger partial charge is 0.207 e. The molecular weight excluding hydrogens is 281 g/mol. The second-order valence-electron chi connectivity index (χ2n) is 3.85. The van der Waals surface area contributed by atoms with Crippen LogP contribution in [0.5, 0.6) is 11.5 Å². The summed E-state index contributed by atoms with van der Waals surface area (Å²) < 4.78 is 70.4. The predicted molar refractivity (Wildman–Crippen MR) is 60.6 cm³/mol. The van der Waals surface area contributed by atoms with Gasteiger partial charge >= 0.3 is 0 Å². The molecule has 0 amide bonds. The van der Waals surface area contributed by atoms with Gasteiger partial charge in [-0.15, -0.1) is 0 Å². The average molecular weight is 289 g/mol. The van der Waals surface area contributed by atoms with Crippen molar-refractivity contribution in [1.82, 2.24) is 0 Å². The van der Waals surface area contributed by atoms with E-state index < -0.39 is 34.8 Å². The largest absolute Gasteiger partial charge is 0.451 e. The minimum Gasteiger partial charge on any atom is -0.451 e. The molecule has 0 saturated heterocycles. The Labute approximate surface area is 110 Å². The van der Waals surface area contributed by atoms with E-state index in [2.05, 4.69) is 0 Å². The molecule has 106 valence electrons. The molecule has 2 N–H and O–H groups in total. The fourth-order valence-electron chi connectivity index (χ4n) is 1.53. The first-order valence-corrected chi connectivity index (χ1v) is 5.44. The van der Waals surface area contributed by atoms with E-state index in [4.69, 9.17) is 10.5 Å². The van der Waals surface area contributed by atoms with Crippen LogP contribution in [0.1, 0.15) is 5.56 Å². The van der Waals surface area contributed by atoms with E-state index >= 15 is 0 Å². The second kappa shape index (κ2) is 5.46. The van der Waals surface area contributed by atoms with Crippen molar-refractivity contribution in [3.8, 4) is 11.5 Å². The minimum absolute atomic E-state index is 0.0869. The standard InChI is InChI=1S/C13H8F5NO/c14-8-9(15)11(17)13(12(18)10(8)16)20-7-3-1-2-6(4-7)5-19/h1-4H,5,19H2. The lowest BCUT2D eigenvalue weighted by atomic mass is 10.2. The molecule has 0 spiro atoms. The number of nitrogens with two attached hydrogens (primary N) is 1. The van der Waals surface area contributed by atoms with Crippen LogP contribution in [0.4, 0.5) is 22.0 Å². The maximum Gasteiger partial charge on any atom is 0.207 e. The molecule has 20 heavy (non-hydrogen) atoms. The summed E-state index contributed by atoms with van der Waals surface area (Å²) in [6.45, 7) is 0.133. The molecular formula is C13H8F5NO. The zero-order valence-electron chi connectivity index (χ0n) is 9.89. The van der Waals surface area contributed by atoms with Crippen LogP contribution in [-0.2, 0) is 6.54 Å². The van der Waals surface area contributed by atoms with E-state index in [0.29, 0.717) is 5.56 Å². The lowest BCUT2D eigenvalue weighted by Crippen LogP contribution is -2.04. The topological polar surface area (TPSA) is 35.2 Å². The van der Waals surface area contributed by atoms with Crippen molar-refractivity contribution in [3.63, 3.8) is 0 Å². The van der Waals surface area contributed by atoms with Crippen LogP contribution < -0.4 is 10.5 Å². The number of benzene rings is 2. The van der Waals surface area contributed by atoms with Gasteiger partial charge in [-0.05, 0) is 17.7 Å². The van der Waals surface area contributed by atoms with Crippen molar-refractivity contribution in [1.29, 1.82) is 0 Å². The Morgan fingerprint density at radius 2 is 1.40 bits per heavy atom. The zero-order chi connectivity index (χ0) is 14.9. The van der Waals surface area contributed by atoms with Crippen LogP contribution in [0.2, 0.25) is 0 Å². The van der Waals surface area contributed by atoms with Crippen molar-refractivity contribution < 1.29 is 26.7 Å². The van der Waals surface area contributed by atoms with Gasteiger partial charge < -0.3 is 10.5 Å². The molecule has 7 heteroatoms. The summed E-state index contributed by atoms with van der Waals surface area (Å²) in [5.74, 6) is -11.9. The van der Waals surface area contributed by atoms with Crippen molar-refractivity contribution in [2.75, 3.05) is 0 Å². The first-order valence-electron chi connectivity index (χ1n) is 5.44. The van der Waals surface area contributed by atoms with Crippen molar-refractivity contribution in [2.24, 2.45) is 5.73 Å². The summed E-state index contributed by atoms with van der Waals surface area (Å²) in [6, 6.07) is 5.73. The van der Waals surface area contributed by atoms with Crippen molar-refractivity contribution in [3.05, 3.63) is 58.9 Å². The third kappa shape index (κ3) is 2.44. The van der Waals surface area contributed by atoms with Crippen LogP contribution in [0.15, 0.2) is 24.3 Å². The van der Waals surface area contributed by atoms with E-state index in [1.807, 2.05) is 0 Å². The fourth-order valence-corrected chi connectivity index (χ4v) is 1.53. The van der Waals surface area contributed by atoms with Crippen LogP contribution in [0, 0.1) is 29.1 Å². The Morgan fingerprint density at radius 1 is 0.850 bits per heavy atom. The number of hydrogen-bond donors (Lipinski definition) is 1. The van der Waals surface area contributed by atoms with Gasteiger partial charge in [0, 0.05) is 6.54 Å². The molecule has 0 bridgehead atoms. The van der Waals surface area contributed by atoms with Gasteiger partial charge in [0.25, 0.3) is 0 Å². The Hall–Kier alpha value is -2.15. The summed E-state index contributed by atoms with van der Waals surface area (Å²) >= 11 is 0. The predicted octanol–water partition coefficient (Wildman–Crippen LogP) is 3.63. The highest BCUT2D eigenvalue weighted by molar-refractivity contribution is 5.36. The first kappa shape index (κ1) is 14.3. The molecule has 0 aliphatic rings. The van der Waals surface area contributed by atoms with E-state index in [-0.39, 0.29) is 12.3 Å². The molecule has 0 atom stereocenters. The maximum atomic E-state index is 13.4. The summed E-state index contributed by atoms with van der Waals surface area (Å²) in [7, 11) is 0. The van der Waals surface area contributed by atoms with Gasteiger partial charge in [-0.2, -0.15) is 8.78 Å². The third-order valence-corrected chi connectivity index (χ3v) is 2.52. The van der Waals surface area contributed by atoms with Gasteiger partial charge in [-0.1, -0.05) is 12.1 Å². The molecule has 0 aliphatic carbocycles.